The van der Waals surface area contributed by atoms with E-state index in [1.807, 2.05) is 30.3 Å². The number of ether oxygens (including phenoxy) is 1. The second kappa shape index (κ2) is 7.75. The third-order valence-corrected chi connectivity index (χ3v) is 4.96. The maximum Gasteiger partial charge on any atom is 0.261 e. The van der Waals surface area contributed by atoms with E-state index < -0.39 is 6.10 Å². The first-order chi connectivity index (χ1) is 11.2. The summed E-state index contributed by atoms with van der Waals surface area (Å²) >= 11 is 7.76. The van der Waals surface area contributed by atoms with Crippen LogP contribution in [0, 0.1) is 0 Å². The molecule has 3 nitrogen and oxygen atoms in total. The van der Waals surface area contributed by atoms with Gasteiger partial charge in [0, 0.05) is 22.9 Å². The molecule has 0 aliphatic carbocycles. The van der Waals surface area contributed by atoms with Crippen LogP contribution in [-0.4, -0.2) is 24.3 Å². The minimum absolute atomic E-state index is 0.0537. The highest BCUT2D eigenvalue weighted by atomic mass is 35.5. The largest absolute Gasteiger partial charge is 0.480 e. The molecule has 0 saturated carbocycles. The van der Waals surface area contributed by atoms with Crippen molar-refractivity contribution < 1.29 is 9.53 Å². The van der Waals surface area contributed by atoms with E-state index in [9.17, 15) is 4.79 Å². The summed E-state index contributed by atoms with van der Waals surface area (Å²) in [6, 6.07) is 15.7. The summed E-state index contributed by atoms with van der Waals surface area (Å²) < 4.78 is 5.67. The van der Waals surface area contributed by atoms with Crippen LogP contribution < -0.4 is 10.1 Å². The van der Waals surface area contributed by atoms with Crippen LogP contribution in [0.15, 0.2) is 53.4 Å². The van der Waals surface area contributed by atoms with Crippen LogP contribution in [0.5, 0.6) is 5.75 Å². The molecule has 0 radical (unpaired) electrons. The van der Waals surface area contributed by atoms with Crippen LogP contribution in [0.25, 0.3) is 0 Å². The van der Waals surface area contributed by atoms with E-state index in [4.69, 9.17) is 16.3 Å². The number of fused-ring (bicyclic) bond motifs is 1. The predicted octanol–water partition coefficient (Wildman–Crippen LogP) is 3.94. The van der Waals surface area contributed by atoms with Crippen molar-refractivity contribution in [3.8, 4) is 5.75 Å². The third kappa shape index (κ3) is 4.43. The summed E-state index contributed by atoms with van der Waals surface area (Å²) in [5.74, 6) is 1.68. The van der Waals surface area contributed by atoms with Gasteiger partial charge in [-0.25, -0.2) is 0 Å². The summed E-state index contributed by atoms with van der Waals surface area (Å²) in [7, 11) is 0. The molecule has 0 bridgehead atoms. The summed E-state index contributed by atoms with van der Waals surface area (Å²) in [6.45, 7) is 0.662. The number of halogens is 1. The molecule has 5 heteroatoms. The molecule has 1 aliphatic heterocycles. The molecule has 1 heterocycles. The number of hydrogen-bond acceptors (Lipinski definition) is 3. The van der Waals surface area contributed by atoms with Gasteiger partial charge in [0.2, 0.25) is 0 Å². The zero-order chi connectivity index (χ0) is 16.1. The first-order valence-electron chi connectivity index (χ1n) is 7.63. The standard InChI is InChI=1S/C18H18ClNO2S/c19-14-7-8-16-13(11-14)12-17(22-16)18(21)20-9-4-10-23-15-5-2-1-3-6-15/h1-3,5-8,11,17H,4,9-10,12H2,(H,20,21)/t17-/m1/s1. The second-order valence-corrected chi connectivity index (χ2v) is 6.97. The Hall–Kier alpha value is -1.65. The van der Waals surface area contributed by atoms with Crippen molar-refractivity contribution in [2.24, 2.45) is 0 Å². The fourth-order valence-corrected chi connectivity index (χ4v) is 3.54. The van der Waals surface area contributed by atoms with Crippen LogP contribution in [0.3, 0.4) is 0 Å². The normalized spacial score (nSPS) is 15.8. The quantitative estimate of drug-likeness (QED) is 0.635. The number of hydrogen-bond donors (Lipinski definition) is 1. The van der Waals surface area contributed by atoms with Gasteiger partial charge in [-0.1, -0.05) is 29.8 Å². The molecule has 1 atom stereocenters. The molecule has 2 aromatic carbocycles. The third-order valence-electron chi connectivity index (χ3n) is 3.62. The molecule has 120 valence electrons. The Balaban J connectivity index is 1.38. The average Bonchev–Trinajstić information content (AvgIpc) is 2.98. The molecule has 1 amide bonds. The zero-order valence-electron chi connectivity index (χ0n) is 12.6. The van der Waals surface area contributed by atoms with Crippen molar-refractivity contribution in [2.45, 2.75) is 23.8 Å². The Labute approximate surface area is 145 Å². The lowest BCUT2D eigenvalue weighted by molar-refractivity contribution is -0.127. The van der Waals surface area contributed by atoms with Crippen LogP contribution in [0.1, 0.15) is 12.0 Å². The van der Waals surface area contributed by atoms with Crippen molar-refractivity contribution in [1.29, 1.82) is 0 Å². The summed E-state index contributed by atoms with van der Waals surface area (Å²) in [5.41, 5.74) is 0.997. The van der Waals surface area contributed by atoms with E-state index >= 15 is 0 Å². The molecule has 23 heavy (non-hydrogen) atoms. The van der Waals surface area contributed by atoms with Crippen molar-refractivity contribution in [1.82, 2.24) is 5.32 Å². The van der Waals surface area contributed by atoms with E-state index in [0.717, 1.165) is 23.5 Å². The highest BCUT2D eigenvalue weighted by molar-refractivity contribution is 7.99. The first kappa shape index (κ1) is 16.2. The number of rotatable bonds is 6. The molecule has 0 fully saturated rings. The minimum atomic E-state index is -0.440. The lowest BCUT2D eigenvalue weighted by Crippen LogP contribution is -2.38. The fraction of sp³-hybridized carbons (Fsp3) is 0.278. The molecule has 3 rings (SSSR count). The van der Waals surface area contributed by atoms with Gasteiger partial charge in [0.1, 0.15) is 5.75 Å². The van der Waals surface area contributed by atoms with Crippen LogP contribution in [-0.2, 0) is 11.2 Å². The monoisotopic (exact) mass is 347 g/mol. The van der Waals surface area contributed by atoms with Crippen LogP contribution in [0.2, 0.25) is 5.02 Å². The molecule has 0 saturated heterocycles. The summed E-state index contributed by atoms with van der Waals surface area (Å²) in [4.78, 5) is 13.4. The van der Waals surface area contributed by atoms with Crippen molar-refractivity contribution in [3.05, 3.63) is 59.1 Å². The number of nitrogens with one attached hydrogen (secondary N) is 1. The lowest BCUT2D eigenvalue weighted by atomic mass is 10.1. The highest BCUT2D eigenvalue weighted by Gasteiger charge is 2.28. The Bertz CT molecular complexity index is 678. The van der Waals surface area contributed by atoms with Gasteiger partial charge in [0.25, 0.3) is 5.91 Å². The van der Waals surface area contributed by atoms with Gasteiger partial charge in [-0.2, -0.15) is 0 Å². The number of thioether (sulfide) groups is 1. The first-order valence-corrected chi connectivity index (χ1v) is 8.99. The number of carbonyl (C=O) groups is 1. The molecule has 1 aliphatic rings. The molecule has 0 unspecified atom stereocenters. The van der Waals surface area contributed by atoms with Gasteiger partial charge in [0.05, 0.1) is 0 Å². The lowest BCUT2D eigenvalue weighted by Gasteiger charge is -2.11. The minimum Gasteiger partial charge on any atom is -0.480 e. The molecule has 0 aromatic heterocycles. The van der Waals surface area contributed by atoms with Gasteiger partial charge in [-0.3, -0.25) is 4.79 Å². The Morgan fingerprint density at radius 1 is 1.26 bits per heavy atom. The Kier molecular flexibility index (Phi) is 5.47. The summed E-state index contributed by atoms with van der Waals surface area (Å²) in [5, 5.41) is 3.62. The van der Waals surface area contributed by atoms with Gasteiger partial charge in [-0.15, -0.1) is 11.8 Å². The van der Waals surface area contributed by atoms with Crippen LogP contribution in [0.4, 0.5) is 0 Å². The fourth-order valence-electron chi connectivity index (χ4n) is 2.47. The topological polar surface area (TPSA) is 38.3 Å². The smallest absolute Gasteiger partial charge is 0.261 e. The maximum atomic E-state index is 12.2. The van der Waals surface area contributed by atoms with E-state index in [1.54, 1.807) is 17.8 Å². The predicted molar refractivity (Wildman–Crippen MR) is 94.4 cm³/mol. The highest BCUT2D eigenvalue weighted by Crippen LogP contribution is 2.31. The van der Waals surface area contributed by atoms with Gasteiger partial charge in [0.15, 0.2) is 6.10 Å². The second-order valence-electron chi connectivity index (χ2n) is 5.37. The number of carbonyl (C=O) groups excluding carboxylic acids is 1. The van der Waals surface area contributed by atoms with E-state index in [0.29, 0.717) is 18.0 Å². The SMILES string of the molecule is O=C(NCCCSc1ccccc1)[C@H]1Cc2cc(Cl)ccc2O1. The van der Waals surface area contributed by atoms with Gasteiger partial charge < -0.3 is 10.1 Å². The maximum absolute atomic E-state index is 12.2. The van der Waals surface area contributed by atoms with Crippen molar-refractivity contribution in [3.63, 3.8) is 0 Å². The Morgan fingerprint density at radius 2 is 2.09 bits per heavy atom. The van der Waals surface area contributed by atoms with Crippen molar-refractivity contribution >= 4 is 29.3 Å². The van der Waals surface area contributed by atoms with E-state index in [2.05, 4.69) is 17.4 Å². The van der Waals surface area contributed by atoms with Crippen LogP contribution >= 0.6 is 23.4 Å². The summed E-state index contributed by atoms with van der Waals surface area (Å²) in [6.07, 6.45) is 1.07. The average molecular weight is 348 g/mol. The molecule has 2 aromatic rings. The molecular formula is C18H18ClNO2S. The molecule has 1 N–H and O–H groups in total. The van der Waals surface area contributed by atoms with E-state index in [-0.39, 0.29) is 5.91 Å². The van der Waals surface area contributed by atoms with Crippen molar-refractivity contribution in [2.75, 3.05) is 12.3 Å². The van der Waals surface area contributed by atoms with E-state index in [1.165, 1.54) is 4.90 Å². The molecular weight excluding hydrogens is 330 g/mol. The zero-order valence-corrected chi connectivity index (χ0v) is 14.2. The van der Waals surface area contributed by atoms with Gasteiger partial charge >= 0.3 is 0 Å². The van der Waals surface area contributed by atoms with Gasteiger partial charge in [-0.05, 0) is 48.1 Å². The number of amides is 1. The Morgan fingerprint density at radius 3 is 2.91 bits per heavy atom. The molecule has 0 spiro atoms. The number of benzene rings is 2.